The second kappa shape index (κ2) is 9.20. The van der Waals surface area contributed by atoms with Gasteiger partial charge in [-0.3, -0.25) is 9.59 Å². The molecule has 0 unspecified atom stereocenters. The number of aryl methyl sites for hydroxylation is 1. The number of benzene rings is 2. The Labute approximate surface area is 183 Å². The van der Waals surface area contributed by atoms with Crippen LogP contribution in [0.5, 0.6) is 0 Å². The van der Waals surface area contributed by atoms with Gasteiger partial charge in [0.15, 0.2) is 0 Å². The number of sulfonamides is 1. The molecule has 0 aromatic heterocycles. The molecular formula is C23H29N3O4S. The molecule has 8 heteroatoms. The number of hydrogen-bond donors (Lipinski definition) is 2. The molecule has 1 aliphatic rings. The van der Waals surface area contributed by atoms with Crippen LogP contribution in [0.15, 0.2) is 47.4 Å². The smallest absolute Gasteiger partial charge is 0.242 e. The van der Waals surface area contributed by atoms with Gasteiger partial charge in [-0.25, -0.2) is 8.42 Å². The molecule has 0 spiro atoms. The molecule has 1 aliphatic heterocycles. The summed E-state index contributed by atoms with van der Waals surface area (Å²) >= 11 is 0. The normalized spacial score (nSPS) is 14.4. The summed E-state index contributed by atoms with van der Waals surface area (Å²) in [7, 11) is -3.93. The van der Waals surface area contributed by atoms with E-state index in [1.165, 1.54) is 13.0 Å². The van der Waals surface area contributed by atoms with Gasteiger partial charge in [0.2, 0.25) is 21.8 Å². The van der Waals surface area contributed by atoms with E-state index in [-0.39, 0.29) is 16.7 Å². The lowest BCUT2D eigenvalue weighted by molar-refractivity contribution is -0.118. The first kappa shape index (κ1) is 23.0. The first-order valence-corrected chi connectivity index (χ1v) is 11.9. The van der Waals surface area contributed by atoms with Gasteiger partial charge >= 0.3 is 0 Å². The van der Waals surface area contributed by atoms with Crippen molar-refractivity contribution in [2.75, 3.05) is 16.8 Å². The Morgan fingerprint density at radius 3 is 2.48 bits per heavy atom. The standard InChI is InChI=1S/C23H29N3O4S/c1-15(2)13-21(23(28)24-20-8-6-5-7-16(20)3)25-31(29,30)19-9-10-22-18(14-19)11-12-26(22)17(4)27/h5-10,14-15,21,25H,11-13H2,1-4H3,(H,24,28)/t21-/m0/s1. The van der Waals surface area contributed by atoms with Gasteiger partial charge in [-0.1, -0.05) is 32.0 Å². The average Bonchev–Trinajstić information content (AvgIpc) is 3.12. The van der Waals surface area contributed by atoms with Gasteiger partial charge in [-0.2, -0.15) is 4.72 Å². The molecule has 0 bridgehead atoms. The molecule has 166 valence electrons. The highest BCUT2D eigenvalue weighted by Gasteiger charge is 2.29. The maximum absolute atomic E-state index is 13.1. The van der Waals surface area contributed by atoms with Gasteiger partial charge < -0.3 is 10.2 Å². The number of hydrogen-bond acceptors (Lipinski definition) is 4. The number of carbonyl (C=O) groups is 2. The topological polar surface area (TPSA) is 95.6 Å². The van der Waals surface area contributed by atoms with Gasteiger partial charge in [0.25, 0.3) is 0 Å². The van der Waals surface area contributed by atoms with E-state index in [1.807, 2.05) is 39.0 Å². The Kier molecular flexibility index (Phi) is 6.81. The minimum atomic E-state index is -3.93. The Balaban J connectivity index is 1.83. The Morgan fingerprint density at radius 2 is 1.84 bits per heavy atom. The Hall–Kier alpha value is -2.71. The zero-order valence-electron chi connectivity index (χ0n) is 18.3. The van der Waals surface area contributed by atoms with E-state index < -0.39 is 22.0 Å². The number of nitrogens with one attached hydrogen (secondary N) is 2. The summed E-state index contributed by atoms with van der Waals surface area (Å²) in [6.07, 6.45) is 0.960. The first-order chi connectivity index (χ1) is 14.6. The zero-order valence-corrected chi connectivity index (χ0v) is 19.1. The lowest BCUT2D eigenvalue weighted by Crippen LogP contribution is -2.44. The van der Waals surface area contributed by atoms with Crippen molar-refractivity contribution in [3.8, 4) is 0 Å². The summed E-state index contributed by atoms with van der Waals surface area (Å²) in [5, 5.41) is 2.84. The van der Waals surface area contributed by atoms with Gasteiger partial charge in [-0.15, -0.1) is 0 Å². The lowest BCUT2D eigenvalue weighted by atomic mass is 10.0. The van der Waals surface area contributed by atoms with E-state index in [0.29, 0.717) is 25.1 Å². The van der Waals surface area contributed by atoms with Crippen LogP contribution in [0.25, 0.3) is 0 Å². The minimum Gasteiger partial charge on any atom is -0.324 e. The van der Waals surface area contributed by atoms with Crippen LogP contribution in [0.1, 0.15) is 38.3 Å². The predicted molar refractivity (Wildman–Crippen MR) is 122 cm³/mol. The van der Waals surface area contributed by atoms with Gasteiger partial charge in [0, 0.05) is 24.8 Å². The fraction of sp³-hybridized carbons (Fsp3) is 0.391. The highest BCUT2D eigenvalue weighted by atomic mass is 32.2. The minimum absolute atomic E-state index is 0.0719. The summed E-state index contributed by atoms with van der Waals surface area (Å²) in [5.41, 5.74) is 3.10. The number of rotatable bonds is 7. The average molecular weight is 444 g/mol. The molecular weight excluding hydrogens is 414 g/mol. The summed E-state index contributed by atoms with van der Waals surface area (Å²) in [4.78, 5) is 26.4. The van der Waals surface area contributed by atoms with Crippen LogP contribution in [0.4, 0.5) is 11.4 Å². The molecule has 0 saturated heterocycles. The molecule has 0 aliphatic carbocycles. The molecule has 1 heterocycles. The van der Waals surface area contributed by atoms with Crippen molar-refractivity contribution in [2.24, 2.45) is 5.92 Å². The number of carbonyl (C=O) groups excluding carboxylic acids is 2. The van der Waals surface area contributed by atoms with Crippen molar-refractivity contribution >= 4 is 33.2 Å². The molecule has 0 fully saturated rings. The van der Waals surface area contributed by atoms with Gasteiger partial charge in [0.05, 0.1) is 4.90 Å². The number of para-hydroxylation sites is 1. The summed E-state index contributed by atoms with van der Waals surface area (Å²) in [6.45, 7) is 7.79. The van der Waals surface area contributed by atoms with Crippen LogP contribution >= 0.6 is 0 Å². The second-order valence-corrected chi connectivity index (χ2v) is 10.0. The van der Waals surface area contributed by atoms with Crippen molar-refractivity contribution in [1.82, 2.24) is 4.72 Å². The summed E-state index contributed by atoms with van der Waals surface area (Å²) in [5.74, 6) is -0.354. The molecule has 31 heavy (non-hydrogen) atoms. The van der Waals surface area contributed by atoms with E-state index in [4.69, 9.17) is 0 Å². The fourth-order valence-electron chi connectivity index (χ4n) is 3.74. The van der Waals surface area contributed by atoms with E-state index in [0.717, 1.165) is 16.8 Å². The van der Waals surface area contributed by atoms with Gasteiger partial charge in [-0.05, 0) is 61.1 Å². The van der Waals surface area contributed by atoms with Crippen molar-refractivity contribution < 1.29 is 18.0 Å². The van der Waals surface area contributed by atoms with Crippen molar-refractivity contribution in [3.05, 3.63) is 53.6 Å². The van der Waals surface area contributed by atoms with Crippen LogP contribution in [-0.4, -0.2) is 32.8 Å². The Bertz CT molecular complexity index is 1100. The third-order valence-corrected chi connectivity index (χ3v) is 6.83. The molecule has 7 nitrogen and oxygen atoms in total. The summed E-state index contributed by atoms with van der Waals surface area (Å²) < 4.78 is 28.8. The van der Waals surface area contributed by atoms with Crippen molar-refractivity contribution in [2.45, 2.75) is 51.5 Å². The lowest BCUT2D eigenvalue weighted by Gasteiger charge is -2.21. The fourth-order valence-corrected chi connectivity index (χ4v) is 5.00. The molecule has 3 rings (SSSR count). The highest BCUT2D eigenvalue weighted by molar-refractivity contribution is 7.89. The number of nitrogens with zero attached hydrogens (tertiary/aromatic N) is 1. The maximum atomic E-state index is 13.1. The maximum Gasteiger partial charge on any atom is 0.242 e. The molecule has 0 saturated carbocycles. The molecule has 2 aromatic carbocycles. The van der Waals surface area contributed by atoms with E-state index >= 15 is 0 Å². The predicted octanol–water partition coefficient (Wildman–Crippen LogP) is 3.24. The van der Waals surface area contributed by atoms with Crippen LogP contribution in [-0.2, 0) is 26.0 Å². The SMILES string of the molecule is CC(=O)N1CCc2cc(S(=O)(=O)N[C@@H](CC(C)C)C(=O)Nc3ccccc3C)ccc21. The third-order valence-electron chi connectivity index (χ3n) is 5.36. The van der Waals surface area contributed by atoms with Crippen LogP contribution in [0.3, 0.4) is 0 Å². The van der Waals surface area contributed by atoms with Gasteiger partial charge in [0.1, 0.15) is 6.04 Å². The first-order valence-electron chi connectivity index (χ1n) is 10.4. The summed E-state index contributed by atoms with van der Waals surface area (Å²) in [6, 6.07) is 11.2. The Morgan fingerprint density at radius 1 is 1.13 bits per heavy atom. The zero-order chi connectivity index (χ0) is 22.8. The van der Waals surface area contributed by atoms with E-state index in [1.54, 1.807) is 23.1 Å². The monoisotopic (exact) mass is 443 g/mol. The van der Waals surface area contributed by atoms with Crippen LogP contribution in [0.2, 0.25) is 0 Å². The van der Waals surface area contributed by atoms with E-state index in [2.05, 4.69) is 10.0 Å². The largest absolute Gasteiger partial charge is 0.324 e. The van der Waals surface area contributed by atoms with Crippen LogP contribution in [0, 0.1) is 12.8 Å². The number of fused-ring (bicyclic) bond motifs is 1. The second-order valence-electron chi connectivity index (χ2n) is 8.32. The van der Waals surface area contributed by atoms with Crippen molar-refractivity contribution in [1.29, 1.82) is 0 Å². The van der Waals surface area contributed by atoms with Crippen LogP contribution < -0.4 is 14.9 Å². The number of amides is 2. The van der Waals surface area contributed by atoms with Crippen molar-refractivity contribution in [3.63, 3.8) is 0 Å². The number of anilines is 2. The molecule has 2 amide bonds. The molecule has 1 atom stereocenters. The third kappa shape index (κ3) is 5.32. The molecule has 0 radical (unpaired) electrons. The molecule has 2 aromatic rings. The quantitative estimate of drug-likeness (QED) is 0.687. The highest BCUT2D eigenvalue weighted by Crippen LogP contribution is 2.30. The van der Waals surface area contributed by atoms with E-state index in [9.17, 15) is 18.0 Å². The molecule has 2 N–H and O–H groups in total.